The quantitative estimate of drug-likeness (QED) is 0.136. The summed E-state index contributed by atoms with van der Waals surface area (Å²) in [7, 11) is 3.17. The minimum absolute atomic E-state index is 0. The molecule has 8 nitrogen and oxygen atoms in total. The van der Waals surface area contributed by atoms with Gasteiger partial charge in [0, 0.05) is 50.0 Å². The Balaban J connectivity index is 0. The fourth-order valence-corrected chi connectivity index (χ4v) is 3.74. The van der Waals surface area contributed by atoms with E-state index in [1.165, 1.54) is 0 Å². The first kappa shape index (κ1) is 43.7. The van der Waals surface area contributed by atoms with Gasteiger partial charge in [0.2, 0.25) is 0 Å². The van der Waals surface area contributed by atoms with Crippen molar-refractivity contribution in [1.29, 1.82) is 0 Å². The Morgan fingerprint density at radius 2 is 0.977 bits per heavy atom. The second-order valence-electron chi connectivity index (χ2n) is 8.89. The second kappa shape index (κ2) is 24.8. The van der Waals surface area contributed by atoms with Gasteiger partial charge >= 0.3 is 29.6 Å². The molecule has 4 rings (SSSR count). The van der Waals surface area contributed by atoms with E-state index in [9.17, 15) is 19.8 Å². The van der Waals surface area contributed by atoms with Gasteiger partial charge in [0.1, 0.15) is 11.5 Å². The molecule has 0 saturated carbocycles. The molecule has 44 heavy (non-hydrogen) atoms. The topological polar surface area (TPSA) is 143 Å². The smallest absolute Gasteiger partial charge is 0.870 e. The average Bonchev–Trinajstić information content (AvgIpc) is 3.02. The third kappa shape index (κ3) is 15.5. The van der Waals surface area contributed by atoms with E-state index in [4.69, 9.17) is 14.6 Å². The van der Waals surface area contributed by atoms with Crippen molar-refractivity contribution in [2.24, 2.45) is 0 Å². The molecule has 0 aliphatic heterocycles. The molecule has 1 radical (unpaired) electrons. The van der Waals surface area contributed by atoms with Gasteiger partial charge in [0.05, 0.1) is 32.8 Å². The minimum Gasteiger partial charge on any atom is -0.870 e. The molecule has 0 aliphatic carbocycles. The third-order valence-corrected chi connectivity index (χ3v) is 5.96. The molecule has 0 heterocycles. The number of hydrogen-bond donors (Lipinski definition) is 3. The fraction of sp³-hybridized carbons (Fsp3) is 0.235. The van der Waals surface area contributed by atoms with E-state index in [1.807, 2.05) is 36.4 Å². The summed E-state index contributed by atoms with van der Waals surface area (Å²) in [6.07, 6.45) is -1.20. The molecule has 0 aromatic heterocycles. The van der Waals surface area contributed by atoms with E-state index in [0.717, 1.165) is 16.9 Å². The van der Waals surface area contributed by atoms with Crippen molar-refractivity contribution in [1.82, 2.24) is 0 Å². The Morgan fingerprint density at radius 3 is 1.39 bits per heavy atom. The molecule has 4 aromatic rings. The van der Waals surface area contributed by atoms with Crippen LogP contribution in [0.25, 0.3) is 0 Å². The van der Waals surface area contributed by atoms with Crippen LogP contribution in [0.15, 0.2) is 109 Å². The maximum Gasteiger partial charge on any atom is 1.00 e. The minimum atomic E-state index is -0.693. The molecule has 4 N–H and O–H groups in total. The monoisotopic (exact) mass is 643 g/mol. The van der Waals surface area contributed by atoms with E-state index in [0.29, 0.717) is 16.9 Å². The molecular weight excluding hydrogens is 604 g/mol. The molecule has 2 unspecified atom stereocenters. The maximum atomic E-state index is 12.0. The molecule has 0 saturated heterocycles. The summed E-state index contributed by atoms with van der Waals surface area (Å²) in [5.74, 6) is 1.09. The number of carbonyl (C=O) groups excluding carboxylic acids is 2. The number of aliphatic hydroxyl groups excluding tert-OH is 3. The van der Waals surface area contributed by atoms with Crippen molar-refractivity contribution in [3.63, 3.8) is 0 Å². The Morgan fingerprint density at radius 1 is 0.636 bits per heavy atom. The molecule has 4 aromatic carbocycles. The van der Waals surface area contributed by atoms with Gasteiger partial charge in [-0.2, -0.15) is 0 Å². The Bertz CT molecular complexity index is 1300. The largest absolute Gasteiger partial charge is 1.00 e. The van der Waals surface area contributed by atoms with Gasteiger partial charge in [0.15, 0.2) is 11.6 Å². The second-order valence-corrected chi connectivity index (χ2v) is 8.89. The van der Waals surface area contributed by atoms with Gasteiger partial charge in [-0.1, -0.05) is 72.8 Å². The van der Waals surface area contributed by atoms with Crippen LogP contribution in [0.4, 0.5) is 0 Å². The first-order valence-corrected chi connectivity index (χ1v) is 13.2. The van der Waals surface area contributed by atoms with Crippen LogP contribution in [0.3, 0.4) is 0 Å². The number of ether oxygens (including phenoxy) is 2. The molecule has 0 bridgehead atoms. The zero-order chi connectivity index (χ0) is 30.0. The Labute approximate surface area is 300 Å². The van der Waals surface area contributed by atoms with E-state index < -0.39 is 12.2 Å². The number of carbonyl (C=O) groups is 2. The van der Waals surface area contributed by atoms with Crippen molar-refractivity contribution >= 4 is 11.6 Å². The first-order chi connectivity index (χ1) is 19.8. The van der Waals surface area contributed by atoms with Crippen molar-refractivity contribution in [3.05, 3.63) is 131 Å². The van der Waals surface area contributed by atoms with Crippen molar-refractivity contribution in [2.45, 2.75) is 32.0 Å². The van der Waals surface area contributed by atoms with E-state index in [1.54, 1.807) is 93.9 Å². The van der Waals surface area contributed by atoms with Crippen molar-refractivity contribution in [2.75, 3.05) is 20.8 Å². The molecule has 0 amide bonds. The van der Waals surface area contributed by atoms with Gasteiger partial charge in [-0.05, 0) is 54.4 Å². The maximum absolute atomic E-state index is 12.0. The third-order valence-electron chi connectivity index (χ3n) is 5.96. The van der Waals surface area contributed by atoms with Gasteiger partial charge in [-0.3, -0.25) is 9.59 Å². The normalized spacial score (nSPS) is 10.7. The van der Waals surface area contributed by atoms with E-state index >= 15 is 0 Å². The molecule has 227 valence electrons. The van der Waals surface area contributed by atoms with Crippen LogP contribution in [0, 0.1) is 0 Å². The van der Waals surface area contributed by atoms with Gasteiger partial charge in [-0.15, -0.1) is 0 Å². The Hall–Kier alpha value is -2.47. The fourth-order valence-electron chi connectivity index (χ4n) is 3.74. The van der Waals surface area contributed by atoms with Crippen LogP contribution in [-0.2, 0) is 25.8 Å². The average molecular weight is 644 g/mol. The van der Waals surface area contributed by atoms with Crippen molar-refractivity contribution in [3.8, 4) is 11.5 Å². The van der Waals surface area contributed by atoms with Crippen LogP contribution in [0.5, 0.6) is 11.5 Å². The predicted octanol–water partition coefficient (Wildman–Crippen LogP) is 2.83. The number of ketones is 2. The predicted molar refractivity (Wildman–Crippen MR) is 161 cm³/mol. The number of methoxy groups -OCH3 is 2. The summed E-state index contributed by atoms with van der Waals surface area (Å²) in [6.45, 7) is 1.93. The van der Waals surface area contributed by atoms with E-state index in [-0.39, 0.29) is 91.9 Å². The van der Waals surface area contributed by atoms with Gasteiger partial charge in [0.25, 0.3) is 0 Å². The first-order valence-electron chi connectivity index (χ1n) is 13.2. The Kier molecular flexibility index (Phi) is 24.6. The molecular formula is C34H39NaO8Sc. The molecule has 0 spiro atoms. The molecule has 0 aliphatic rings. The summed E-state index contributed by atoms with van der Waals surface area (Å²) < 4.78 is 10.1. The summed E-state index contributed by atoms with van der Waals surface area (Å²) in [5, 5.41) is 27.8. The standard InChI is InChI=1S/C16H18O3.C16H14O3.C2H6O.Na.H2O.Sc/c2*1-19-14-9-7-13(8-10-14)16(18)11-15(17)12-5-3-2-4-6-12;1-2-3;;;/h2-10,15-18H,11H2,1H3;2-10H,11H2,1H3;3H,2H2,1H3;;1H2;/q;;;+1;;/p-1. The van der Waals surface area contributed by atoms with Crippen LogP contribution >= 0.6 is 0 Å². The number of rotatable bonds is 10. The van der Waals surface area contributed by atoms with Crippen LogP contribution < -0.4 is 39.0 Å². The zero-order valence-corrected chi connectivity index (χ0v) is 29.5. The molecule has 2 atom stereocenters. The number of Topliss-reactive ketones (excluding diaryl/α,β-unsaturated/α-hetero) is 2. The zero-order valence-electron chi connectivity index (χ0n) is 25.7. The SMILES string of the molecule is CCO.COc1ccc(C(=O)CC(=O)c2ccccc2)cc1.COc1ccc(C(O)CC(O)c2ccccc2)cc1.[Na+].[OH-].[Sc]. The summed E-state index contributed by atoms with van der Waals surface area (Å²) >= 11 is 0. The van der Waals surface area contributed by atoms with Gasteiger partial charge in [-0.25, -0.2) is 0 Å². The summed E-state index contributed by atoms with van der Waals surface area (Å²) in [4.78, 5) is 23.9. The summed E-state index contributed by atoms with van der Waals surface area (Å²) in [6, 6.07) is 32.1. The molecule has 0 fully saturated rings. The van der Waals surface area contributed by atoms with E-state index in [2.05, 4.69) is 0 Å². The van der Waals surface area contributed by atoms with Crippen LogP contribution in [0.2, 0.25) is 0 Å². The van der Waals surface area contributed by atoms with Crippen LogP contribution in [0.1, 0.15) is 63.8 Å². The number of aliphatic hydroxyl groups is 3. The van der Waals surface area contributed by atoms with Crippen molar-refractivity contribution < 1.29 is 95.3 Å². The summed E-state index contributed by atoms with van der Waals surface area (Å²) in [5.41, 5.74) is 2.67. The van der Waals surface area contributed by atoms with Gasteiger partial charge < -0.3 is 30.3 Å². The number of benzene rings is 4. The van der Waals surface area contributed by atoms with Crippen LogP contribution in [-0.4, -0.2) is 53.2 Å². The number of hydrogen-bond acceptors (Lipinski definition) is 8. The molecule has 10 heteroatoms.